The number of carbonyl (C=O) groups excluding carboxylic acids is 1. The third-order valence-corrected chi connectivity index (χ3v) is 4.81. The number of hydrogen-bond donors (Lipinski definition) is 2. The lowest BCUT2D eigenvalue weighted by atomic mass is 9.97. The topological polar surface area (TPSA) is 76.1 Å². The SMILES string of the molecule is COc1ccc(CNc2nc(C)cc(C(=O)NCCC3=CCCCC3)n2)cc1. The molecule has 1 heterocycles. The van der Waals surface area contributed by atoms with Crippen LogP contribution in [0, 0.1) is 6.92 Å². The summed E-state index contributed by atoms with van der Waals surface area (Å²) in [6, 6.07) is 9.50. The summed E-state index contributed by atoms with van der Waals surface area (Å²) in [4.78, 5) is 21.2. The number of methoxy groups -OCH3 is 1. The molecular weight excluding hydrogens is 352 g/mol. The summed E-state index contributed by atoms with van der Waals surface area (Å²) in [7, 11) is 1.65. The maximum Gasteiger partial charge on any atom is 0.270 e. The minimum absolute atomic E-state index is 0.158. The predicted octanol–water partition coefficient (Wildman–Crippen LogP) is 4.03. The molecule has 0 bridgehead atoms. The molecule has 28 heavy (non-hydrogen) atoms. The number of ether oxygens (including phenoxy) is 1. The van der Waals surface area contributed by atoms with Gasteiger partial charge in [-0.15, -0.1) is 0 Å². The average Bonchev–Trinajstić information content (AvgIpc) is 2.73. The van der Waals surface area contributed by atoms with Crippen molar-refractivity contribution in [2.75, 3.05) is 19.0 Å². The second-order valence-corrected chi connectivity index (χ2v) is 7.03. The molecule has 1 aliphatic carbocycles. The van der Waals surface area contributed by atoms with E-state index >= 15 is 0 Å². The zero-order chi connectivity index (χ0) is 19.8. The molecule has 0 fully saturated rings. The van der Waals surface area contributed by atoms with Crippen LogP contribution in [0.2, 0.25) is 0 Å². The molecule has 3 rings (SSSR count). The number of allylic oxidation sites excluding steroid dienone is 1. The molecule has 0 atom stereocenters. The van der Waals surface area contributed by atoms with E-state index in [4.69, 9.17) is 4.74 Å². The Labute approximate surface area is 166 Å². The summed E-state index contributed by atoms with van der Waals surface area (Å²) in [6.45, 7) is 3.08. The molecule has 0 saturated carbocycles. The van der Waals surface area contributed by atoms with Crippen molar-refractivity contribution < 1.29 is 9.53 Å². The Balaban J connectivity index is 1.55. The molecular formula is C22H28N4O2. The highest BCUT2D eigenvalue weighted by atomic mass is 16.5. The van der Waals surface area contributed by atoms with E-state index in [0.717, 1.165) is 36.3 Å². The van der Waals surface area contributed by atoms with E-state index in [-0.39, 0.29) is 5.91 Å². The van der Waals surface area contributed by atoms with E-state index in [1.165, 1.54) is 18.4 Å². The van der Waals surface area contributed by atoms with E-state index in [1.54, 1.807) is 13.2 Å². The standard InChI is InChI=1S/C22H28N4O2/c1-16-14-20(21(27)23-13-12-17-6-4-3-5-7-17)26-22(25-16)24-15-18-8-10-19(28-2)11-9-18/h6,8-11,14H,3-5,7,12-13,15H2,1-2H3,(H,23,27)(H,24,25,26). The predicted molar refractivity (Wildman–Crippen MR) is 111 cm³/mol. The van der Waals surface area contributed by atoms with Gasteiger partial charge in [-0.25, -0.2) is 9.97 Å². The monoisotopic (exact) mass is 380 g/mol. The number of hydrogen-bond acceptors (Lipinski definition) is 5. The van der Waals surface area contributed by atoms with Crippen LogP contribution < -0.4 is 15.4 Å². The first-order valence-corrected chi connectivity index (χ1v) is 9.82. The highest BCUT2D eigenvalue weighted by molar-refractivity contribution is 5.92. The molecule has 2 aromatic rings. The molecule has 0 radical (unpaired) electrons. The smallest absolute Gasteiger partial charge is 0.270 e. The first kappa shape index (κ1) is 19.9. The molecule has 0 aliphatic heterocycles. The van der Waals surface area contributed by atoms with E-state index in [9.17, 15) is 4.79 Å². The summed E-state index contributed by atoms with van der Waals surface area (Å²) >= 11 is 0. The molecule has 1 aromatic heterocycles. The molecule has 2 N–H and O–H groups in total. The molecule has 6 heteroatoms. The Morgan fingerprint density at radius 3 is 2.71 bits per heavy atom. The van der Waals surface area contributed by atoms with Crippen molar-refractivity contribution >= 4 is 11.9 Å². The molecule has 0 saturated heterocycles. The first-order chi connectivity index (χ1) is 13.6. The van der Waals surface area contributed by atoms with Crippen LogP contribution >= 0.6 is 0 Å². The van der Waals surface area contributed by atoms with Gasteiger partial charge in [0.05, 0.1) is 7.11 Å². The maximum atomic E-state index is 12.5. The van der Waals surface area contributed by atoms with Gasteiger partial charge in [-0.2, -0.15) is 0 Å². The number of anilines is 1. The second kappa shape index (κ2) is 9.88. The van der Waals surface area contributed by atoms with Crippen LogP contribution in [0.25, 0.3) is 0 Å². The Kier molecular flexibility index (Phi) is 7.00. The van der Waals surface area contributed by atoms with Gasteiger partial charge in [0.25, 0.3) is 5.91 Å². The molecule has 0 spiro atoms. The van der Waals surface area contributed by atoms with E-state index < -0.39 is 0 Å². The number of benzene rings is 1. The number of amides is 1. The van der Waals surface area contributed by atoms with Crippen LogP contribution in [0.5, 0.6) is 5.75 Å². The Morgan fingerprint density at radius 2 is 2.00 bits per heavy atom. The first-order valence-electron chi connectivity index (χ1n) is 9.82. The van der Waals surface area contributed by atoms with Crippen molar-refractivity contribution in [1.82, 2.24) is 15.3 Å². The molecule has 148 valence electrons. The van der Waals surface area contributed by atoms with Gasteiger partial charge in [0.2, 0.25) is 5.95 Å². The fraction of sp³-hybridized carbons (Fsp3) is 0.409. The van der Waals surface area contributed by atoms with Gasteiger partial charge in [-0.3, -0.25) is 4.79 Å². The van der Waals surface area contributed by atoms with Crippen LogP contribution in [0.3, 0.4) is 0 Å². The van der Waals surface area contributed by atoms with Crippen molar-refractivity contribution in [2.45, 2.75) is 45.6 Å². The van der Waals surface area contributed by atoms with Crippen molar-refractivity contribution in [3.05, 3.63) is 58.9 Å². The van der Waals surface area contributed by atoms with Crippen LogP contribution in [0.15, 0.2) is 42.0 Å². The van der Waals surface area contributed by atoms with Crippen LogP contribution in [0.1, 0.15) is 53.8 Å². The fourth-order valence-corrected chi connectivity index (χ4v) is 3.25. The summed E-state index contributed by atoms with van der Waals surface area (Å²) in [5.41, 5.74) is 3.68. The van der Waals surface area contributed by atoms with Gasteiger partial charge in [0.15, 0.2) is 0 Å². The normalized spacial score (nSPS) is 13.6. The van der Waals surface area contributed by atoms with Gasteiger partial charge in [-0.1, -0.05) is 23.8 Å². The largest absolute Gasteiger partial charge is 0.497 e. The highest BCUT2D eigenvalue weighted by Gasteiger charge is 2.11. The summed E-state index contributed by atoms with van der Waals surface area (Å²) < 4.78 is 5.17. The lowest BCUT2D eigenvalue weighted by Gasteiger charge is -2.13. The Bertz CT molecular complexity index is 831. The van der Waals surface area contributed by atoms with Gasteiger partial charge >= 0.3 is 0 Å². The number of nitrogens with zero attached hydrogens (tertiary/aromatic N) is 2. The quantitative estimate of drug-likeness (QED) is 0.676. The zero-order valence-corrected chi connectivity index (χ0v) is 16.6. The number of carbonyl (C=O) groups is 1. The third-order valence-electron chi connectivity index (χ3n) is 4.81. The third kappa shape index (κ3) is 5.81. The molecule has 0 unspecified atom stereocenters. The van der Waals surface area contributed by atoms with Gasteiger partial charge in [0, 0.05) is 18.8 Å². The van der Waals surface area contributed by atoms with Crippen molar-refractivity contribution in [1.29, 1.82) is 0 Å². The van der Waals surface area contributed by atoms with Gasteiger partial charge < -0.3 is 15.4 Å². The lowest BCUT2D eigenvalue weighted by Crippen LogP contribution is -2.26. The van der Waals surface area contributed by atoms with Gasteiger partial charge in [-0.05, 0) is 62.8 Å². The Morgan fingerprint density at radius 1 is 1.18 bits per heavy atom. The van der Waals surface area contributed by atoms with E-state index in [2.05, 4.69) is 26.7 Å². The van der Waals surface area contributed by atoms with E-state index in [0.29, 0.717) is 24.7 Å². The number of nitrogens with one attached hydrogen (secondary N) is 2. The summed E-state index contributed by atoms with van der Waals surface area (Å²) in [5, 5.41) is 6.17. The Hall–Kier alpha value is -2.89. The van der Waals surface area contributed by atoms with E-state index in [1.807, 2.05) is 31.2 Å². The summed E-state index contributed by atoms with van der Waals surface area (Å²) in [6.07, 6.45) is 8.08. The second-order valence-electron chi connectivity index (χ2n) is 7.03. The highest BCUT2D eigenvalue weighted by Crippen LogP contribution is 2.19. The number of aryl methyl sites for hydroxylation is 1. The van der Waals surface area contributed by atoms with Crippen LogP contribution in [-0.4, -0.2) is 29.5 Å². The minimum atomic E-state index is -0.158. The molecule has 1 aromatic carbocycles. The molecule has 1 aliphatic rings. The molecule has 1 amide bonds. The van der Waals surface area contributed by atoms with Crippen molar-refractivity contribution in [3.63, 3.8) is 0 Å². The van der Waals surface area contributed by atoms with Crippen molar-refractivity contribution in [2.24, 2.45) is 0 Å². The fourth-order valence-electron chi connectivity index (χ4n) is 3.25. The summed E-state index contributed by atoms with van der Waals surface area (Å²) in [5.74, 6) is 1.11. The van der Waals surface area contributed by atoms with Crippen molar-refractivity contribution in [3.8, 4) is 5.75 Å². The number of aromatic nitrogens is 2. The van der Waals surface area contributed by atoms with Crippen LogP contribution in [-0.2, 0) is 6.54 Å². The van der Waals surface area contributed by atoms with Gasteiger partial charge in [0.1, 0.15) is 11.4 Å². The number of rotatable bonds is 8. The molecule has 6 nitrogen and oxygen atoms in total. The maximum absolute atomic E-state index is 12.5. The average molecular weight is 380 g/mol. The lowest BCUT2D eigenvalue weighted by molar-refractivity contribution is 0.0949. The zero-order valence-electron chi connectivity index (χ0n) is 16.6. The van der Waals surface area contributed by atoms with Crippen LogP contribution in [0.4, 0.5) is 5.95 Å². The minimum Gasteiger partial charge on any atom is -0.497 e.